The van der Waals surface area contributed by atoms with E-state index in [4.69, 9.17) is 5.11 Å². The van der Waals surface area contributed by atoms with Crippen molar-refractivity contribution in [1.29, 1.82) is 0 Å². The molecular formula is C12H18N2O6S2. The molecule has 0 saturated carbocycles. The average molecular weight is 350 g/mol. The molecule has 0 unspecified atom stereocenters. The van der Waals surface area contributed by atoms with Gasteiger partial charge in [-0.15, -0.1) is 0 Å². The van der Waals surface area contributed by atoms with Crippen LogP contribution in [-0.2, 0) is 24.8 Å². The molecular weight excluding hydrogens is 332 g/mol. The fourth-order valence-electron chi connectivity index (χ4n) is 1.54. The summed E-state index contributed by atoms with van der Waals surface area (Å²) in [6, 6.07) is 4.98. The molecule has 0 fully saturated rings. The van der Waals surface area contributed by atoms with Gasteiger partial charge in [-0.3, -0.25) is 4.79 Å². The molecule has 0 radical (unpaired) electrons. The second-order valence-electron chi connectivity index (χ2n) is 4.66. The molecule has 0 spiro atoms. The van der Waals surface area contributed by atoms with E-state index in [9.17, 15) is 21.6 Å². The van der Waals surface area contributed by atoms with Crippen LogP contribution in [-0.4, -0.2) is 52.9 Å². The van der Waals surface area contributed by atoms with Crippen LogP contribution in [0.25, 0.3) is 0 Å². The molecule has 0 aliphatic carbocycles. The first-order valence-electron chi connectivity index (χ1n) is 6.31. The number of hydrogen-bond acceptors (Lipinski definition) is 5. The van der Waals surface area contributed by atoms with Crippen LogP contribution in [0.1, 0.15) is 12.8 Å². The largest absolute Gasteiger partial charge is 0.481 e. The van der Waals surface area contributed by atoms with Gasteiger partial charge in [0.1, 0.15) is 0 Å². The number of carboxylic acids is 1. The first kappa shape index (κ1) is 18.6. The number of rotatable bonds is 8. The zero-order valence-electron chi connectivity index (χ0n) is 12.2. The van der Waals surface area contributed by atoms with E-state index in [0.29, 0.717) is 0 Å². The molecule has 1 aromatic carbocycles. The molecule has 0 saturated heterocycles. The predicted molar refractivity (Wildman–Crippen MR) is 79.4 cm³/mol. The van der Waals surface area contributed by atoms with Gasteiger partial charge in [0.25, 0.3) is 0 Å². The Morgan fingerprint density at radius 3 is 2.32 bits per heavy atom. The minimum absolute atomic E-state index is 0.0424. The summed E-state index contributed by atoms with van der Waals surface area (Å²) < 4.78 is 51.3. The van der Waals surface area contributed by atoms with Gasteiger partial charge < -0.3 is 5.11 Å². The Kier molecular flexibility index (Phi) is 6.06. The predicted octanol–water partition coefficient (Wildman–Crippen LogP) is 0.0800. The molecule has 0 heterocycles. The third kappa shape index (κ3) is 4.77. The highest BCUT2D eigenvalue weighted by Crippen LogP contribution is 2.18. The number of benzene rings is 1. The van der Waals surface area contributed by atoms with Crippen LogP contribution < -0.4 is 4.72 Å². The molecule has 10 heteroatoms. The molecule has 0 amide bonds. The van der Waals surface area contributed by atoms with Crippen molar-refractivity contribution in [3.8, 4) is 0 Å². The molecule has 0 atom stereocenters. The summed E-state index contributed by atoms with van der Waals surface area (Å²) in [5.41, 5.74) is 0. The van der Waals surface area contributed by atoms with Gasteiger partial charge in [0.15, 0.2) is 0 Å². The van der Waals surface area contributed by atoms with Crippen molar-refractivity contribution in [3.05, 3.63) is 24.3 Å². The van der Waals surface area contributed by atoms with Gasteiger partial charge in [-0.2, -0.15) is 0 Å². The molecule has 2 N–H and O–H groups in total. The molecule has 1 aromatic rings. The SMILES string of the molecule is CN(C)S(=O)(=O)c1cccc(S(=O)(=O)NCCCC(=O)O)c1. The van der Waals surface area contributed by atoms with Gasteiger partial charge >= 0.3 is 5.97 Å². The second kappa shape index (κ2) is 7.18. The Labute approximate surface area is 129 Å². The van der Waals surface area contributed by atoms with Crippen LogP contribution >= 0.6 is 0 Å². The molecule has 8 nitrogen and oxygen atoms in total. The van der Waals surface area contributed by atoms with E-state index in [2.05, 4.69) is 4.72 Å². The van der Waals surface area contributed by atoms with Crippen molar-refractivity contribution in [2.45, 2.75) is 22.6 Å². The molecule has 0 aliphatic heterocycles. The van der Waals surface area contributed by atoms with Crippen LogP contribution in [0.3, 0.4) is 0 Å². The standard InChI is InChI=1S/C12H18N2O6S2/c1-14(2)22(19,20)11-6-3-5-10(9-11)21(17,18)13-8-4-7-12(15)16/h3,5-6,9,13H,4,7-8H2,1-2H3,(H,15,16). The maximum absolute atomic E-state index is 12.1. The highest BCUT2D eigenvalue weighted by Gasteiger charge is 2.21. The van der Waals surface area contributed by atoms with E-state index < -0.39 is 26.0 Å². The first-order chi connectivity index (χ1) is 10.1. The zero-order chi connectivity index (χ0) is 17.0. The maximum Gasteiger partial charge on any atom is 0.303 e. The smallest absolute Gasteiger partial charge is 0.303 e. The lowest BCUT2D eigenvalue weighted by atomic mass is 10.3. The van der Waals surface area contributed by atoms with Gasteiger partial charge in [-0.1, -0.05) is 6.07 Å². The molecule has 124 valence electrons. The van der Waals surface area contributed by atoms with Gasteiger partial charge in [-0.05, 0) is 24.6 Å². The van der Waals surface area contributed by atoms with Gasteiger partial charge in [0, 0.05) is 27.1 Å². The van der Waals surface area contributed by atoms with Crippen LogP contribution in [0.2, 0.25) is 0 Å². The van der Waals surface area contributed by atoms with E-state index >= 15 is 0 Å². The molecule has 0 aromatic heterocycles. The van der Waals surface area contributed by atoms with Crippen LogP contribution in [0.5, 0.6) is 0 Å². The van der Waals surface area contributed by atoms with E-state index in [1.54, 1.807) is 0 Å². The number of sulfonamides is 2. The van der Waals surface area contributed by atoms with Crippen LogP contribution in [0.4, 0.5) is 0 Å². The Balaban J connectivity index is 2.95. The first-order valence-corrected chi connectivity index (χ1v) is 9.24. The minimum atomic E-state index is -3.89. The van der Waals surface area contributed by atoms with Crippen molar-refractivity contribution in [2.24, 2.45) is 0 Å². The maximum atomic E-state index is 12.1. The lowest BCUT2D eigenvalue weighted by molar-refractivity contribution is -0.137. The fraction of sp³-hybridized carbons (Fsp3) is 0.417. The van der Waals surface area contributed by atoms with Gasteiger partial charge in [-0.25, -0.2) is 25.9 Å². The average Bonchev–Trinajstić information content (AvgIpc) is 2.43. The molecule has 22 heavy (non-hydrogen) atoms. The summed E-state index contributed by atoms with van der Waals surface area (Å²) in [6.45, 7) is -0.0424. The van der Waals surface area contributed by atoms with Crippen molar-refractivity contribution in [1.82, 2.24) is 9.03 Å². The number of carbonyl (C=O) groups is 1. The highest BCUT2D eigenvalue weighted by molar-refractivity contribution is 7.90. The highest BCUT2D eigenvalue weighted by atomic mass is 32.2. The van der Waals surface area contributed by atoms with E-state index in [1.807, 2.05) is 0 Å². The number of nitrogens with one attached hydrogen (secondary N) is 1. The Hall–Kier alpha value is -1.49. The third-order valence-corrected chi connectivity index (χ3v) is 6.02. The van der Waals surface area contributed by atoms with E-state index in [0.717, 1.165) is 10.4 Å². The van der Waals surface area contributed by atoms with Gasteiger partial charge in [0.05, 0.1) is 9.79 Å². The van der Waals surface area contributed by atoms with Crippen molar-refractivity contribution >= 4 is 26.0 Å². The summed E-state index contributed by atoms with van der Waals surface area (Å²) in [7, 11) is -4.93. The monoisotopic (exact) mass is 350 g/mol. The minimum Gasteiger partial charge on any atom is -0.481 e. The lowest BCUT2D eigenvalue weighted by Gasteiger charge is -2.12. The van der Waals surface area contributed by atoms with Crippen molar-refractivity contribution in [3.63, 3.8) is 0 Å². The second-order valence-corrected chi connectivity index (χ2v) is 8.58. The van der Waals surface area contributed by atoms with Crippen LogP contribution in [0, 0.1) is 0 Å². The van der Waals surface area contributed by atoms with E-state index in [1.165, 1.54) is 32.3 Å². The quantitative estimate of drug-likeness (QED) is 0.641. The van der Waals surface area contributed by atoms with E-state index in [-0.39, 0.29) is 29.2 Å². The number of aliphatic carboxylic acids is 1. The molecule has 0 aliphatic rings. The topological polar surface area (TPSA) is 121 Å². The number of nitrogens with zero attached hydrogens (tertiary/aromatic N) is 1. The summed E-state index contributed by atoms with van der Waals surface area (Å²) in [5.74, 6) is -1.02. The van der Waals surface area contributed by atoms with Crippen LogP contribution in [0.15, 0.2) is 34.1 Å². The summed E-state index contributed by atoms with van der Waals surface area (Å²) in [4.78, 5) is 10.0. The fourth-order valence-corrected chi connectivity index (χ4v) is 3.68. The summed E-state index contributed by atoms with van der Waals surface area (Å²) in [6.07, 6.45) is -0.0121. The Bertz CT molecular complexity index is 741. The molecule has 0 bridgehead atoms. The lowest BCUT2D eigenvalue weighted by Crippen LogP contribution is -2.26. The third-order valence-electron chi connectivity index (χ3n) is 2.75. The van der Waals surface area contributed by atoms with Crippen molar-refractivity contribution < 1.29 is 26.7 Å². The van der Waals surface area contributed by atoms with Gasteiger partial charge in [0.2, 0.25) is 20.0 Å². The van der Waals surface area contributed by atoms with Crippen molar-refractivity contribution in [2.75, 3.05) is 20.6 Å². The normalized spacial score (nSPS) is 12.5. The summed E-state index contributed by atoms with van der Waals surface area (Å²) in [5, 5.41) is 8.49. The number of hydrogen-bond donors (Lipinski definition) is 2. The zero-order valence-corrected chi connectivity index (χ0v) is 13.8. The summed E-state index contributed by atoms with van der Waals surface area (Å²) >= 11 is 0. The Morgan fingerprint density at radius 2 is 1.77 bits per heavy atom. The molecule has 1 rings (SSSR count). The Morgan fingerprint density at radius 1 is 1.18 bits per heavy atom. The number of carboxylic acid groups (broad SMARTS) is 1.